The number of allylic oxidation sites excluding steroid dienone is 3. The number of aliphatic imine (C=N–C) groups is 1. The Bertz CT molecular complexity index is 1140. The minimum absolute atomic E-state index is 0.00841. The Morgan fingerprint density at radius 3 is 2.03 bits per heavy atom. The average Bonchev–Trinajstić information content (AvgIpc) is 3.46. The Balaban J connectivity index is 1.54. The Morgan fingerprint density at radius 2 is 1.47 bits per heavy atom. The highest BCUT2D eigenvalue weighted by Gasteiger charge is 2.46. The quantitative estimate of drug-likeness (QED) is 0.449. The fourth-order valence-corrected chi connectivity index (χ4v) is 8.27. The van der Waals surface area contributed by atoms with E-state index in [4.69, 9.17) is 9.98 Å². The molecule has 4 aliphatic rings. The number of rotatable bonds is 3. The molecule has 8 heteroatoms. The van der Waals surface area contributed by atoms with Crippen LogP contribution < -0.4 is 4.90 Å². The number of piperidine rings is 2. The molecule has 0 amide bonds. The summed E-state index contributed by atoms with van der Waals surface area (Å²) >= 11 is 3.21. The summed E-state index contributed by atoms with van der Waals surface area (Å²) in [7, 11) is 0. The number of aromatic nitrogens is 1. The zero-order valence-electron chi connectivity index (χ0n) is 22.6. The summed E-state index contributed by atoms with van der Waals surface area (Å²) < 4.78 is 0. The summed E-state index contributed by atoms with van der Waals surface area (Å²) in [6.45, 7) is 16.9. The second kappa shape index (κ2) is 9.59. The first-order valence-electron chi connectivity index (χ1n) is 13.5. The largest absolute Gasteiger partial charge is 0.506 e. The zero-order valence-corrected chi connectivity index (χ0v) is 24.2. The van der Waals surface area contributed by atoms with Crippen molar-refractivity contribution in [2.24, 2.45) is 10.4 Å². The highest BCUT2D eigenvalue weighted by Crippen LogP contribution is 2.51. The number of ketones is 1. The van der Waals surface area contributed by atoms with E-state index in [1.165, 1.54) is 38.5 Å². The lowest BCUT2D eigenvalue weighted by Crippen LogP contribution is -2.35. The molecule has 0 spiro atoms. The van der Waals surface area contributed by atoms with Gasteiger partial charge in [-0.15, -0.1) is 0 Å². The molecule has 1 atom stereocenters. The monoisotopic (exact) mass is 528 g/mol. The summed E-state index contributed by atoms with van der Waals surface area (Å²) in [6.07, 6.45) is 7.26. The molecule has 0 bridgehead atoms. The molecule has 0 radical (unpaired) electrons. The van der Waals surface area contributed by atoms with Gasteiger partial charge in [-0.25, -0.2) is 4.98 Å². The lowest BCUT2D eigenvalue weighted by Gasteiger charge is -2.30. The van der Waals surface area contributed by atoms with Gasteiger partial charge in [0.1, 0.15) is 5.76 Å². The highest BCUT2D eigenvalue weighted by molar-refractivity contribution is 8.05. The van der Waals surface area contributed by atoms with Crippen molar-refractivity contribution in [3.8, 4) is 0 Å². The van der Waals surface area contributed by atoms with E-state index in [1.807, 2.05) is 0 Å². The summed E-state index contributed by atoms with van der Waals surface area (Å²) in [4.78, 5) is 30.4. The molecular weight excluding hydrogens is 488 g/mol. The number of thiazole rings is 1. The Hall–Kier alpha value is -1.64. The van der Waals surface area contributed by atoms with Gasteiger partial charge in [-0.2, -0.15) is 0 Å². The van der Waals surface area contributed by atoms with Crippen molar-refractivity contribution in [3.05, 3.63) is 26.8 Å². The molecule has 1 N–H and O–H groups in total. The van der Waals surface area contributed by atoms with Gasteiger partial charge in [0.15, 0.2) is 10.6 Å². The van der Waals surface area contributed by atoms with Crippen LogP contribution in [-0.2, 0) is 10.2 Å². The number of carbonyl (C=O) groups excluding carboxylic acids is 1. The van der Waals surface area contributed by atoms with E-state index >= 15 is 0 Å². The lowest BCUT2D eigenvalue weighted by atomic mass is 9.79. The van der Waals surface area contributed by atoms with Crippen molar-refractivity contribution < 1.29 is 9.90 Å². The third kappa shape index (κ3) is 4.69. The number of likely N-dealkylation sites (tertiary alicyclic amines) is 1. The molecule has 5 rings (SSSR count). The average molecular weight is 529 g/mol. The van der Waals surface area contributed by atoms with Crippen LogP contribution in [-0.4, -0.2) is 58.2 Å². The van der Waals surface area contributed by atoms with Crippen molar-refractivity contribution in [3.63, 3.8) is 0 Å². The number of hydrogen-bond acceptors (Lipinski definition) is 8. The minimum Gasteiger partial charge on any atom is -0.506 e. The fraction of sp³-hybridized carbons (Fsp3) is 0.679. The van der Waals surface area contributed by atoms with Crippen molar-refractivity contribution in [2.45, 2.75) is 91.0 Å². The van der Waals surface area contributed by atoms with E-state index in [0.29, 0.717) is 11.1 Å². The van der Waals surface area contributed by atoms with Gasteiger partial charge in [-0.1, -0.05) is 71.1 Å². The fourth-order valence-electron chi connectivity index (χ4n) is 5.39. The Labute approximate surface area is 224 Å². The first-order valence-corrected chi connectivity index (χ1v) is 15.1. The van der Waals surface area contributed by atoms with E-state index in [0.717, 1.165) is 52.5 Å². The number of anilines is 1. The first-order chi connectivity index (χ1) is 17.0. The first kappa shape index (κ1) is 26.0. The summed E-state index contributed by atoms with van der Waals surface area (Å²) in [5, 5.41) is 12.4. The molecule has 1 unspecified atom stereocenters. The summed E-state index contributed by atoms with van der Waals surface area (Å²) in [5.74, 6) is 0.0590. The summed E-state index contributed by atoms with van der Waals surface area (Å²) in [5.41, 5.74) is 2.29. The molecule has 196 valence electrons. The molecule has 4 heterocycles. The van der Waals surface area contributed by atoms with Gasteiger partial charge in [0.2, 0.25) is 5.78 Å². The molecule has 1 aromatic heterocycles. The molecule has 3 aliphatic heterocycles. The maximum atomic E-state index is 13.8. The molecule has 2 fully saturated rings. The molecule has 1 aliphatic carbocycles. The molecular formula is C28H40N4O2S2. The molecule has 1 aromatic rings. The molecule has 0 aromatic carbocycles. The zero-order chi connectivity index (χ0) is 25.8. The van der Waals surface area contributed by atoms with Crippen molar-refractivity contribution in [2.75, 3.05) is 31.1 Å². The number of carbonyl (C=O) groups is 1. The number of hydrogen-bond donors (Lipinski definition) is 1. The van der Waals surface area contributed by atoms with Gasteiger partial charge in [-0.3, -0.25) is 14.7 Å². The van der Waals surface area contributed by atoms with Crippen LogP contribution in [0.3, 0.4) is 0 Å². The predicted octanol–water partition coefficient (Wildman–Crippen LogP) is 6.54. The van der Waals surface area contributed by atoms with Crippen LogP contribution in [0.1, 0.15) is 90.6 Å². The van der Waals surface area contributed by atoms with E-state index < -0.39 is 0 Å². The van der Waals surface area contributed by atoms with Gasteiger partial charge in [0, 0.05) is 41.9 Å². The second-order valence-corrected chi connectivity index (χ2v) is 14.5. The second-order valence-electron chi connectivity index (χ2n) is 12.5. The van der Waals surface area contributed by atoms with Crippen LogP contribution in [0.15, 0.2) is 21.2 Å². The van der Waals surface area contributed by atoms with E-state index in [9.17, 15) is 9.90 Å². The third-order valence-corrected chi connectivity index (χ3v) is 9.81. The van der Waals surface area contributed by atoms with Crippen LogP contribution in [0.5, 0.6) is 0 Å². The standard InChI is InChI=1S/C28H40N4O2S2/c1-27(2,3)23-21(35-25(29-23)31-13-9-7-10-14-31)17-19(33)18(20(17)34)22-24(28(4,5)6)30-26(36-22)32-15-11-8-12-16-32/h25,33H,7-16H2,1-6H3. The Morgan fingerprint density at radius 1 is 0.861 bits per heavy atom. The molecule has 36 heavy (non-hydrogen) atoms. The van der Waals surface area contributed by atoms with Crippen molar-refractivity contribution >= 4 is 45.3 Å². The number of thioether (sulfide) groups is 1. The minimum atomic E-state index is -0.226. The van der Waals surface area contributed by atoms with Crippen molar-refractivity contribution in [1.82, 2.24) is 9.88 Å². The van der Waals surface area contributed by atoms with Crippen LogP contribution in [0.25, 0.3) is 5.57 Å². The Kier molecular flexibility index (Phi) is 6.92. The van der Waals surface area contributed by atoms with Crippen molar-refractivity contribution in [1.29, 1.82) is 0 Å². The van der Waals surface area contributed by atoms with Crippen LogP contribution in [0, 0.1) is 5.41 Å². The van der Waals surface area contributed by atoms with Crippen LogP contribution >= 0.6 is 23.1 Å². The summed E-state index contributed by atoms with van der Waals surface area (Å²) in [6, 6.07) is 0. The maximum Gasteiger partial charge on any atom is 0.203 e. The molecule has 6 nitrogen and oxygen atoms in total. The van der Waals surface area contributed by atoms with Gasteiger partial charge in [0.25, 0.3) is 0 Å². The van der Waals surface area contributed by atoms with E-state index in [2.05, 4.69) is 51.3 Å². The normalized spacial score (nSPS) is 26.5. The lowest BCUT2D eigenvalue weighted by molar-refractivity contribution is -0.111. The van der Waals surface area contributed by atoms with Crippen LogP contribution in [0.4, 0.5) is 5.13 Å². The third-order valence-electron chi connectivity index (χ3n) is 7.43. The number of aliphatic hydroxyl groups excluding tert-OH is 1. The maximum absolute atomic E-state index is 13.8. The van der Waals surface area contributed by atoms with E-state index in [-0.39, 0.29) is 27.9 Å². The highest BCUT2D eigenvalue weighted by atomic mass is 32.2. The van der Waals surface area contributed by atoms with Gasteiger partial charge >= 0.3 is 0 Å². The SMILES string of the molecule is CC(C)(C)C1=NC(N2CCCCC2)SC1=C1C(=O)C(c2sc(N3CCCCC3)nc2C(C)(C)C)=C1O. The van der Waals surface area contributed by atoms with Gasteiger partial charge in [0.05, 0.1) is 27.4 Å². The number of aliphatic hydroxyl groups is 1. The predicted molar refractivity (Wildman–Crippen MR) is 152 cm³/mol. The molecule has 2 saturated heterocycles. The van der Waals surface area contributed by atoms with Crippen LogP contribution in [0.2, 0.25) is 0 Å². The molecule has 0 saturated carbocycles. The topological polar surface area (TPSA) is 69.0 Å². The van der Waals surface area contributed by atoms with Gasteiger partial charge in [-0.05, 0) is 32.1 Å². The number of Topliss-reactive ketones (excluding diaryl/α,β-unsaturated/α-hetero) is 1. The van der Waals surface area contributed by atoms with Gasteiger partial charge < -0.3 is 10.0 Å². The smallest absolute Gasteiger partial charge is 0.203 e. The van der Waals surface area contributed by atoms with E-state index in [1.54, 1.807) is 23.1 Å². The number of nitrogens with zero attached hydrogens (tertiary/aromatic N) is 4.